The maximum Gasteiger partial charge on any atom is 0.160 e. The van der Waals surface area contributed by atoms with Gasteiger partial charge in [0.15, 0.2) is 11.6 Å². The van der Waals surface area contributed by atoms with Crippen LogP contribution in [-0.2, 0) is 10.8 Å². The van der Waals surface area contributed by atoms with Crippen LogP contribution in [0.4, 0.5) is 0 Å². The zero-order valence-electron chi connectivity index (χ0n) is 59.4. The van der Waals surface area contributed by atoms with Crippen LogP contribution in [0, 0.1) is 0 Å². The molecular weight excluding hydrogens is 1340 g/mol. The van der Waals surface area contributed by atoms with Gasteiger partial charge in [-0.15, -0.1) is 0 Å². The summed E-state index contributed by atoms with van der Waals surface area (Å²) in [5, 5.41) is 2.27. The van der Waals surface area contributed by atoms with Crippen LogP contribution < -0.4 is 0 Å². The Balaban J connectivity index is 0.584. The second-order valence-electron chi connectivity index (χ2n) is 29.4. The number of hydrogen-bond donors (Lipinski definition) is 0. The van der Waals surface area contributed by atoms with Crippen LogP contribution in [0.25, 0.3) is 179 Å². The van der Waals surface area contributed by atoms with Crippen LogP contribution in [0.15, 0.2) is 385 Å². The number of rotatable bonds is 10. The van der Waals surface area contributed by atoms with E-state index in [0.29, 0.717) is 11.6 Å². The molecule has 0 radical (unpaired) electrons. The number of furan rings is 2. The van der Waals surface area contributed by atoms with E-state index in [9.17, 15) is 0 Å². The van der Waals surface area contributed by atoms with Crippen molar-refractivity contribution in [3.8, 4) is 157 Å². The Labute approximate surface area is 635 Å². The first-order valence-electron chi connectivity index (χ1n) is 37.6. The Morgan fingerprint density at radius 1 is 0.182 bits per heavy atom. The highest BCUT2D eigenvalue weighted by molar-refractivity contribution is 6.05. The molecule has 0 amide bonds. The highest BCUT2D eigenvalue weighted by Gasteiger charge is 2.56. The maximum atomic E-state index is 6.85. The van der Waals surface area contributed by atoms with E-state index in [1.165, 1.54) is 66.8 Å². The fraction of sp³-hybridized carbons (Fsp3) is 0.0192. The molecule has 2 atom stereocenters. The van der Waals surface area contributed by atoms with Crippen molar-refractivity contribution in [2.45, 2.75) is 10.8 Å². The van der Waals surface area contributed by atoms with E-state index in [1.54, 1.807) is 0 Å². The minimum absolute atomic E-state index is 0.553. The first-order valence-corrected chi connectivity index (χ1v) is 37.6. The molecule has 0 N–H and O–H groups in total. The van der Waals surface area contributed by atoms with Crippen molar-refractivity contribution in [2.75, 3.05) is 0 Å². The minimum Gasteiger partial charge on any atom is -0.456 e. The van der Waals surface area contributed by atoms with E-state index in [2.05, 4.69) is 376 Å². The summed E-state index contributed by atoms with van der Waals surface area (Å²) < 4.78 is 13.7. The number of nitrogens with zero attached hydrogens (tertiary/aromatic N) is 4. The van der Waals surface area contributed by atoms with Gasteiger partial charge in [-0.3, -0.25) is 0 Å². The number of hydrogen-bond acceptors (Lipinski definition) is 6. The molecule has 0 saturated heterocycles. The van der Waals surface area contributed by atoms with Crippen molar-refractivity contribution < 1.29 is 8.83 Å². The number of para-hydroxylation sites is 2. The molecule has 510 valence electrons. The first kappa shape index (κ1) is 61.8. The van der Waals surface area contributed by atoms with Gasteiger partial charge in [-0.1, -0.05) is 322 Å². The molecule has 4 heterocycles. The van der Waals surface area contributed by atoms with Gasteiger partial charge in [-0.2, -0.15) is 0 Å². The molecule has 23 rings (SSSR count). The molecule has 0 bridgehead atoms. The summed E-state index contributed by atoms with van der Waals surface area (Å²) >= 11 is 0. The summed E-state index contributed by atoms with van der Waals surface area (Å²) in [6.07, 6.45) is 0. The van der Waals surface area contributed by atoms with Gasteiger partial charge in [0, 0.05) is 66.4 Å². The van der Waals surface area contributed by atoms with Gasteiger partial charge in [-0.25, -0.2) is 19.9 Å². The van der Waals surface area contributed by atoms with Crippen molar-refractivity contribution >= 4 is 21.9 Å². The van der Waals surface area contributed by atoms with Crippen LogP contribution in [0.5, 0.6) is 0 Å². The summed E-state index contributed by atoms with van der Waals surface area (Å²) in [6, 6.07) is 135. The molecular formula is C104H62N4O2. The van der Waals surface area contributed by atoms with Crippen LogP contribution >= 0.6 is 0 Å². The van der Waals surface area contributed by atoms with E-state index in [-0.39, 0.29) is 0 Å². The maximum absolute atomic E-state index is 6.85. The van der Waals surface area contributed by atoms with Gasteiger partial charge in [0.2, 0.25) is 0 Å². The third-order valence-electron chi connectivity index (χ3n) is 23.6. The summed E-state index contributed by atoms with van der Waals surface area (Å²) in [4.78, 5) is 21.8. The van der Waals surface area contributed by atoms with Crippen molar-refractivity contribution in [1.29, 1.82) is 0 Å². The largest absolute Gasteiger partial charge is 0.456 e. The quantitative estimate of drug-likeness (QED) is 0.136. The molecule has 4 aliphatic carbocycles. The summed E-state index contributed by atoms with van der Waals surface area (Å²) in [5.74, 6) is 3.18. The molecule has 4 aliphatic rings. The highest BCUT2D eigenvalue weighted by Crippen LogP contribution is 2.67. The monoisotopic (exact) mass is 1400 g/mol. The van der Waals surface area contributed by atoms with Gasteiger partial charge in [0.1, 0.15) is 22.7 Å². The predicted molar refractivity (Wildman–Crippen MR) is 444 cm³/mol. The van der Waals surface area contributed by atoms with Crippen LogP contribution in [0.2, 0.25) is 0 Å². The van der Waals surface area contributed by atoms with Crippen molar-refractivity contribution in [1.82, 2.24) is 19.9 Å². The lowest BCUT2D eigenvalue weighted by Gasteiger charge is -2.30. The van der Waals surface area contributed by atoms with Gasteiger partial charge in [0.05, 0.1) is 33.6 Å². The molecule has 0 fully saturated rings. The molecule has 6 nitrogen and oxygen atoms in total. The van der Waals surface area contributed by atoms with Gasteiger partial charge >= 0.3 is 0 Å². The van der Waals surface area contributed by atoms with E-state index < -0.39 is 10.8 Å². The molecule has 0 aliphatic heterocycles. The van der Waals surface area contributed by atoms with Crippen molar-refractivity contribution in [2.24, 2.45) is 0 Å². The Morgan fingerprint density at radius 2 is 0.473 bits per heavy atom. The fourth-order valence-electron chi connectivity index (χ4n) is 18.7. The topological polar surface area (TPSA) is 77.8 Å². The Morgan fingerprint density at radius 3 is 0.964 bits per heavy atom. The highest BCUT2D eigenvalue weighted by atomic mass is 16.3. The van der Waals surface area contributed by atoms with Crippen LogP contribution in [0.1, 0.15) is 44.5 Å². The van der Waals surface area contributed by atoms with Crippen LogP contribution in [0.3, 0.4) is 0 Å². The summed E-state index contributed by atoms with van der Waals surface area (Å²) in [6.45, 7) is 0. The van der Waals surface area contributed by atoms with E-state index in [0.717, 1.165) is 145 Å². The van der Waals surface area contributed by atoms with Crippen LogP contribution in [-0.4, -0.2) is 19.9 Å². The Bertz CT molecular complexity index is 7030. The second-order valence-corrected chi connectivity index (χ2v) is 29.4. The summed E-state index contributed by atoms with van der Waals surface area (Å²) in [7, 11) is 0. The minimum atomic E-state index is -0.622. The average Bonchev–Trinajstić information content (AvgIpc) is 1.50. The Hall–Kier alpha value is -14.5. The Kier molecular flexibility index (Phi) is 13.5. The molecule has 4 aromatic heterocycles. The van der Waals surface area contributed by atoms with Crippen molar-refractivity contribution in [3.05, 3.63) is 421 Å². The third kappa shape index (κ3) is 9.17. The normalized spacial score (nSPS) is 15.0. The van der Waals surface area contributed by atoms with Gasteiger partial charge in [-0.05, 0) is 155 Å². The molecule has 15 aromatic carbocycles. The third-order valence-corrected chi connectivity index (χ3v) is 23.6. The number of fused-ring (bicyclic) bond motifs is 24. The zero-order chi connectivity index (χ0) is 72.2. The standard InChI is InChI=1S/C104H62N4O2/c1-3-22-63(23-4-1)70-27-20-30-74(57-70)93-62-92(67-48-44-65(45-49-67)73-52-54-79-77-32-7-13-38-85(77)103(89(79)59-73)87-40-15-9-34-81(87)99-97(103)83-36-11-17-42-95(83)109-99)105-101(107-93)68-50-46-64(47-51-68)69-26-19-28-71(56-69)72-29-21-31-75(58-72)94-61-91(66-24-5-2-6-25-66)106-102(108-94)76-53-55-80-78-33-8-14-39-86(78)104(90(80)60-76)88-41-16-10-35-82(88)100-98(104)84-37-12-18-43-96(84)110-100/h1-62H/t103?,104-/m1/s1. The number of aromatic nitrogens is 4. The second kappa shape index (κ2) is 24.0. The van der Waals surface area contributed by atoms with E-state index >= 15 is 0 Å². The van der Waals surface area contributed by atoms with Gasteiger partial charge in [0.25, 0.3) is 0 Å². The zero-order valence-corrected chi connectivity index (χ0v) is 59.4. The lowest BCUT2D eigenvalue weighted by Crippen LogP contribution is -2.25. The summed E-state index contributed by atoms with van der Waals surface area (Å²) in [5.41, 5.74) is 35.8. The average molecular weight is 1400 g/mol. The molecule has 1 unspecified atom stereocenters. The molecule has 110 heavy (non-hydrogen) atoms. The number of benzene rings is 15. The fourth-order valence-corrected chi connectivity index (χ4v) is 18.7. The lowest BCUT2D eigenvalue weighted by molar-refractivity contribution is 0.628. The molecule has 2 spiro atoms. The first-order chi connectivity index (χ1) is 54.5. The van der Waals surface area contributed by atoms with E-state index in [1.807, 2.05) is 0 Å². The molecule has 6 heteroatoms. The smallest absolute Gasteiger partial charge is 0.160 e. The van der Waals surface area contributed by atoms with E-state index in [4.69, 9.17) is 28.8 Å². The predicted octanol–water partition coefficient (Wildman–Crippen LogP) is 26.1. The lowest BCUT2D eigenvalue weighted by atomic mass is 9.70. The van der Waals surface area contributed by atoms with Crippen molar-refractivity contribution in [3.63, 3.8) is 0 Å². The molecule has 0 saturated carbocycles. The molecule has 19 aromatic rings. The SMILES string of the molecule is c1ccc(-c2cccc(-c3cc(-c4ccc(-c5ccc6c(c5)C5(c7ccccc7-6)c6ccccc6-c6oc7ccccc7c65)cc4)nc(-c4ccc(-c5cccc(-c6cccc(-c7cc(-c8ccccc8)nc(-c8ccc9c(c8)[C@@]8(c%10ccccc%10-9)c9ccccc9-c9oc%10ccccc%10c98)n7)c6)c5)cc4)n3)c2)cc1. The van der Waals surface area contributed by atoms with Gasteiger partial charge < -0.3 is 8.83 Å².